The fourth-order valence-corrected chi connectivity index (χ4v) is 2.99. The number of carbonyl (C=O) groups is 1. The Kier molecular flexibility index (Phi) is 4.98. The summed E-state index contributed by atoms with van der Waals surface area (Å²) in [6, 6.07) is 7.39. The van der Waals surface area contributed by atoms with Crippen LogP contribution >= 0.6 is 0 Å². The molecule has 0 aliphatic heterocycles. The molecule has 120 valence electrons. The fourth-order valence-electron chi connectivity index (χ4n) is 2.99. The fraction of sp³-hybridized carbons (Fsp3) is 0.389. The van der Waals surface area contributed by atoms with Crippen molar-refractivity contribution in [2.45, 2.75) is 37.9 Å². The van der Waals surface area contributed by atoms with Crippen molar-refractivity contribution in [1.82, 2.24) is 9.97 Å². The Bertz CT molecular complexity index is 660. The van der Waals surface area contributed by atoms with E-state index < -0.39 is 0 Å². The van der Waals surface area contributed by atoms with Gasteiger partial charge >= 0.3 is 5.97 Å². The van der Waals surface area contributed by atoms with Crippen LogP contribution in [0.1, 0.15) is 36.0 Å². The van der Waals surface area contributed by atoms with Crippen molar-refractivity contribution in [3.63, 3.8) is 0 Å². The van der Waals surface area contributed by atoms with Crippen molar-refractivity contribution in [2.75, 3.05) is 7.11 Å². The number of hydrogen-bond donors (Lipinski definition) is 0. The largest absolute Gasteiger partial charge is 0.459 e. The van der Waals surface area contributed by atoms with Gasteiger partial charge in [-0.05, 0) is 30.9 Å². The molecule has 0 spiro atoms. The third kappa shape index (κ3) is 3.74. The Morgan fingerprint density at radius 2 is 1.87 bits per heavy atom. The molecule has 1 saturated carbocycles. The molecular formula is C18H20N2O3. The average Bonchev–Trinajstić information content (AvgIpc) is 2.62. The molecule has 23 heavy (non-hydrogen) atoms. The van der Waals surface area contributed by atoms with Gasteiger partial charge in [0.05, 0.1) is 11.7 Å². The predicted molar refractivity (Wildman–Crippen MR) is 85.9 cm³/mol. The molecule has 2 atom stereocenters. The van der Waals surface area contributed by atoms with E-state index in [1.807, 2.05) is 18.2 Å². The molecule has 2 aromatic rings. The molecule has 0 N–H and O–H groups in total. The molecule has 5 heteroatoms. The first kappa shape index (κ1) is 15.6. The van der Waals surface area contributed by atoms with Gasteiger partial charge in [0.1, 0.15) is 12.4 Å². The molecule has 1 aromatic heterocycles. The zero-order valence-electron chi connectivity index (χ0n) is 13.1. The summed E-state index contributed by atoms with van der Waals surface area (Å²) in [4.78, 5) is 20.6. The summed E-state index contributed by atoms with van der Waals surface area (Å²) in [6.45, 7) is 0. The topological polar surface area (TPSA) is 61.3 Å². The smallest absolute Gasteiger partial charge is 0.339 e. The molecule has 3 rings (SSSR count). The van der Waals surface area contributed by atoms with Crippen LogP contribution in [0.4, 0.5) is 0 Å². The van der Waals surface area contributed by atoms with E-state index in [9.17, 15) is 4.79 Å². The maximum atomic E-state index is 12.6. The lowest BCUT2D eigenvalue weighted by atomic mass is 9.94. The van der Waals surface area contributed by atoms with Gasteiger partial charge in [-0.3, -0.25) is 0 Å². The minimum absolute atomic E-state index is 0.0821. The van der Waals surface area contributed by atoms with E-state index >= 15 is 0 Å². The van der Waals surface area contributed by atoms with E-state index in [1.165, 1.54) is 6.33 Å². The van der Waals surface area contributed by atoms with Gasteiger partial charge in [0, 0.05) is 31.5 Å². The van der Waals surface area contributed by atoms with Gasteiger partial charge in [0.2, 0.25) is 0 Å². The van der Waals surface area contributed by atoms with Crippen LogP contribution in [0, 0.1) is 0 Å². The van der Waals surface area contributed by atoms with Crippen LogP contribution in [-0.2, 0) is 9.47 Å². The van der Waals surface area contributed by atoms with E-state index in [-0.39, 0.29) is 18.2 Å². The monoisotopic (exact) mass is 312 g/mol. The molecule has 1 fully saturated rings. The number of rotatable bonds is 4. The van der Waals surface area contributed by atoms with E-state index in [0.29, 0.717) is 5.56 Å². The van der Waals surface area contributed by atoms with Gasteiger partial charge in [-0.1, -0.05) is 18.2 Å². The SMILES string of the molecule is CO[C@@H]1CCC[C@@H](OC(=O)c2ccccc2-c2cncnc2)C1. The van der Waals surface area contributed by atoms with Gasteiger partial charge < -0.3 is 9.47 Å². The van der Waals surface area contributed by atoms with Crippen LogP contribution in [0.5, 0.6) is 0 Å². The van der Waals surface area contributed by atoms with Crippen molar-refractivity contribution in [3.05, 3.63) is 48.5 Å². The molecule has 1 aromatic carbocycles. The van der Waals surface area contributed by atoms with Crippen LogP contribution in [0.25, 0.3) is 11.1 Å². The highest BCUT2D eigenvalue weighted by Gasteiger charge is 2.26. The summed E-state index contributed by atoms with van der Waals surface area (Å²) < 4.78 is 11.1. The maximum absolute atomic E-state index is 12.6. The third-order valence-corrected chi connectivity index (χ3v) is 4.20. The number of methoxy groups -OCH3 is 1. The number of carbonyl (C=O) groups excluding carboxylic acids is 1. The molecule has 1 aliphatic carbocycles. The highest BCUT2D eigenvalue weighted by atomic mass is 16.5. The highest BCUT2D eigenvalue weighted by Crippen LogP contribution is 2.27. The van der Waals surface area contributed by atoms with E-state index in [0.717, 1.165) is 36.8 Å². The number of ether oxygens (including phenoxy) is 2. The Morgan fingerprint density at radius 1 is 1.13 bits per heavy atom. The molecule has 0 radical (unpaired) electrons. The Balaban J connectivity index is 1.78. The summed E-state index contributed by atoms with van der Waals surface area (Å²) in [5.74, 6) is -0.300. The molecule has 0 amide bonds. The summed E-state index contributed by atoms with van der Waals surface area (Å²) in [5, 5.41) is 0. The number of nitrogens with zero attached hydrogens (tertiary/aromatic N) is 2. The Morgan fingerprint density at radius 3 is 2.65 bits per heavy atom. The Hall–Kier alpha value is -2.27. The number of hydrogen-bond acceptors (Lipinski definition) is 5. The second-order valence-corrected chi connectivity index (χ2v) is 5.72. The lowest BCUT2D eigenvalue weighted by Crippen LogP contribution is -2.29. The molecule has 1 heterocycles. The van der Waals surface area contributed by atoms with Crippen molar-refractivity contribution in [2.24, 2.45) is 0 Å². The quantitative estimate of drug-likeness (QED) is 0.811. The zero-order chi connectivity index (χ0) is 16.1. The van der Waals surface area contributed by atoms with Gasteiger partial charge in [0.15, 0.2) is 0 Å². The van der Waals surface area contributed by atoms with Crippen LogP contribution in [-0.4, -0.2) is 35.3 Å². The first-order valence-electron chi connectivity index (χ1n) is 7.86. The van der Waals surface area contributed by atoms with Crippen molar-refractivity contribution >= 4 is 5.97 Å². The second-order valence-electron chi connectivity index (χ2n) is 5.72. The lowest BCUT2D eigenvalue weighted by molar-refractivity contribution is -0.0148. The minimum atomic E-state index is -0.300. The molecule has 0 saturated heterocycles. The molecule has 0 bridgehead atoms. The molecular weight excluding hydrogens is 292 g/mol. The van der Waals surface area contributed by atoms with E-state index in [2.05, 4.69) is 9.97 Å². The van der Waals surface area contributed by atoms with Gasteiger partial charge in [0.25, 0.3) is 0 Å². The summed E-state index contributed by atoms with van der Waals surface area (Å²) >= 11 is 0. The summed E-state index contributed by atoms with van der Waals surface area (Å²) in [7, 11) is 1.71. The zero-order valence-corrected chi connectivity index (χ0v) is 13.1. The standard InChI is InChI=1S/C18H20N2O3/c1-22-14-5-4-6-15(9-14)23-18(21)17-8-3-2-7-16(17)13-10-19-12-20-11-13/h2-3,7-8,10-12,14-15H,4-6,9H2,1H3/t14-,15-/m1/s1. The number of aromatic nitrogens is 2. The first-order valence-corrected chi connectivity index (χ1v) is 7.86. The summed E-state index contributed by atoms with van der Waals surface area (Å²) in [6.07, 6.45) is 8.66. The summed E-state index contributed by atoms with van der Waals surface area (Å²) in [5.41, 5.74) is 2.14. The number of esters is 1. The predicted octanol–water partition coefficient (Wildman–Crippen LogP) is 3.26. The molecule has 5 nitrogen and oxygen atoms in total. The van der Waals surface area contributed by atoms with Gasteiger partial charge in [-0.25, -0.2) is 14.8 Å². The van der Waals surface area contributed by atoms with Crippen LogP contribution in [0.3, 0.4) is 0 Å². The van der Waals surface area contributed by atoms with Crippen LogP contribution < -0.4 is 0 Å². The minimum Gasteiger partial charge on any atom is -0.459 e. The highest BCUT2D eigenvalue weighted by molar-refractivity contribution is 5.97. The average molecular weight is 312 g/mol. The normalized spacial score (nSPS) is 20.9. The second kappa shape index (κ2) is 7.33. The molecule has 0 unspecified atom stereocenters. The maximum Gasteiger partial charge on any atom is 0.339 e. The van der Waals surface area contributed by atoms with Gasteiger partial charge in [-0.15, -0.1) is 0 Å². The van der Waals surface area contributed by atoms with Crippen molar-refractivity contribution in [1.29, 1.82) is 0 Å². The Labute approximate surface area is 135 Å². The third-order valence-electron chi connectivity index (χ3n) is 4.20. The lowest BCUT2D eigenvalue weighted by Gasteiger charge is -2.28. The van der Waals surface area contributed by atoms with Crippen LogP contribution in [0.15, 0.2) is 43.0 Å². The number of benzene rings is 1. The van der Waals surface area contributed by atoms with Crippen molar-refractivity contribution < 1.29 is 14.3 Å². The first-order chi connectivity index (χ1) is 11.3. The van der Waals surface area contributed by atoms with Crippen molar-refractivity contribution in [3.8, 4) is 11.1 Å². The van der Waals surface area contributed by atoms with E-state index in [1.54, 1.807) is 25.6 Å². The van der Waals surface area contributed by atoms with E-state index in [4.69, 9.17) is 9.47 Å². The molecule has 1 aliphatic rings. The van der Waals surface area contributed by atoms with Crippen LogP contribution in [0.2, 0.25) is 0 Å². The van der Waals surface area contributed by atoms with Gasteiger partial charge in [-0.2, -0.15) is 0 Å².